The summed E-state index contributed by atoms with van der Waals surface area (Å²) in [7, 11) is 1.67. The lowest BCUT2D eigenvalue weighted by molar-refractivity contribution is 0.270. The normalized spacial score (nSPS) is 10.8. The molecule has 8 nitrogen and oxygen atoms in total. The van der Waals surface area contributed by atoms with E-state index < -0.39 is 0 Å². The minimum atomic E-state index is -0.0147. The molecule has 0 fully saturated rings. The summed E-state index contributed by atoms with van der Waals surface area (Å²) in [5, 5.41) is 24.4. The summed E-state index contributed by atoms with van der Waals surface area (Å²) in [4.78, 5) is 1.34. The van der Waals surface area contributed by atoms with E-state index in [1.165, 1.54) is 9.48 Å². The van der Waals surface area contributed by atoms with Crippen LogP contribution in [-0.2, 0) is 13.6 Å². The molecular weight excluding hydrogens is 198 g/mol. The second kappa shape index (κ2) is 3.65. The lowest BCUT2D eigenvalue weighted by Gasteiger charge is -1.98. The fourth-order valence-electron chi connectivity index (χ4n) is 1.20. The summed E-state index contributed by atoms with van der Waals surface area (Å²) in [5.74, 6) is 0.882. The van der Waals surface area contributed by atoms with Crippen LogP contribution in [0.15, 0.2) is 6.07 Å². The van der Waals surface area contributed by atoms with Crippen LogP contribution in [0.25, 0.3) is 11.5 Å². The van der Waals surface area contributed by atoms with Gasteiger partial charge in [0.25, 0.3) is 0 Å². The average molecular weight is 209 g/mol. The van der Waals surface area contributed by atoms with Gasteiger partial charge in [-0.1, -0.05) is 0 Å². The van der Waals surface area contributed by atoms with Crippen molar-refractivity contribution in [3.8, 4) is 11.5 Å². The summed E-state index contributed by atoms with van der Waals surface area (Å²) >= 11 is 0. The minimum Gasteiger partial charge on any atom is -0.394 e. The van der Waals surface area contributed by atoms with Crippen LogP contribution in [0.2, 0.25) is 0 Å². The van der Waals surface area contributed by atoms with Gasteiger partial charge in [-0.05, 0) is 5.21 Å². The highest BCUT2D eigenvalue weighted by Crippen LogP contribution is 2.14. The standard InChI is InChI=1S/C7H11N7O/c1-13-11-7(9-12-13)5-4-6(8)14(10-5)2-3-15/h4,15H,2-3,8H2,1H3. The number of nitrogen functional groups attached to an aromatic ring is 1. The van der Waals surface area contributed by atoms with Gasteiger partial charge in [-0.2, -0.15) is 9.90 Å². The van der Waals surface area contributed by atoms with Gasteiger partial charge in [-0.25, -0.2) is 4.68 Å². The molecule has 2 aromatic rings. The first-order valence-corrected chi connectivity index (χ1v) is 4.39. The molecule has 3 N–H and O–H groups in total. The van der Waals surface area contributed by atoms with E-state index in [4.69, 9.17) is 10.8 Å². The quantitative estimate of drug-likeness (QED) is 0.647. The van der Waals surface area contributed by atoms with Crippen molar-refractivity contribution in [3.63, 3.8) is 0 Å². The van der Waals surface area contributed by atoms with E-state index in [1.807, 2.05) is 0 Å². The summed E-state index contributed by atoms with van der Waals surface area (Å²) in [5.41, 5.74) is 6.23. The fourth-order valence-corrected chi connectivity index (χ4v) is 1.20. The van der Waals surface area contributed by atoms with Gasteiger partial charge in [-0.15, -0.1) is 10.2 Å². The SMILES string of the molecule is Cn1nnc(-c2cc(N)n(CCO)n2)n1. The summed E-state index contributed by atoms with van der Waals surface area (Å²) in [6, 6.07) is 1.65. The van der Waals surface area contributed by atoms with Crippen molar-refractivity contribution in [1.29, 1.82) is 0 Å². The van der Waals surface area contributed by atoms with E-state index in [2.05, 4.69) is 20.5 Å². The molecule has 2 heterocycles. The molecule has 2 rings (SSSR count). The third-order valence-corrected chi connectivity index (χ3v) is 1.86. The number of hydrogen-bond acceptors (Lipinski definition) is 6. The number of rotatable bonds is 3. The molecule has 0 atom stereocenters. The smallest absolute Gasteiger partial charge is 0.225 e. The monoisotopic (exact) mass is 209 g/mol. The molecular formula is C7H11N7O. The van der Waals surface area contributed by atoms with Crippen molar-refractivity contribution >= 4 is 5.82 Å². The zero-order valence-corrected chi connectivity index (χ0v) is 8.20. The highest BCUT2D eigenvalue weighted by molar-refractivity contribution is 5.53. The highest BCUT2D eigenvalue weighted by Gasteiger charge is 2.10. The lowest BCUT2D eigenvalue weighted by Crippen LogP contribution is -2.07. The molecule has 2 aromatic heterocycles. The topological polar surface area (TPSA) is 108 Å². The number of aliphatic hydroxyl groups is 1. The van der Waals surface area contributed by atoms with Crippen LogP contribution >= 0.6 is 0 Å². The molecule has 0 aliphatic carbocycles. The van der Waals surface area contributed by atoms with E-state index >= 15 is 0 Å². The van der Waals surface area contributed by atoms with Crippen LogP contribution in [-0.4, -0.2) is 41.7 Å². The molecule has 0 radical (unpaired) electrons. The Morgan fingerprint density at radius 1 is 1.47 bits per heavy atom. The second-order valence-corrected chi connectivity index (χ2v) is 3.00. The fraction of sp³-hybridized carbons (Fsp3) is 0.429. The Kier molecular flexibility index (Phi) is 2.34. The largest absolute Gasteiger partial charge is 0.394 e. The maximum atomic E-state index is 8.76. The zero-order chi connectivity index (χ0) is 10.8. The second-order valence-electron chi connectivity index (χ2n) is 3.00. The number of hydrogen-bond donors (Lipinski definition) is 2. The van der Waals surface area contributed by atoms with E-state index in [0.29, 0.717) is 23.9 Å². The molecule has 0 aliphatic rings. The number of nitrogens with two attached hydrogens (primary N) is 1. The first-order valence-electron chi connectivity index (χ1n) is 4.39. The van der Waals surface area contributed by atoms with Gasteiger partial charge in [0.15, 0.2) is 0 Å². The molecule has 0 aliphatic heterocycles. The number of nitrogens with zero attached hydrogens (tertiary/aromatic N) is 6. The molecule has 0 saturated carbocycles. The molecule has 0 bridgehead atoms. The average Bonchev–Trinajstić information content (AvgIpc) is 2.75. The van der Waals surface area contributed by atoms with Gasteiger partial charge < -0.3 is 10.8 Å². The molecule has 8 heteroatoms. The van der Waals surface area contributed by atoms with Crippen LogP contribution in [0.4, 0.5) is 5.82 Å². The van der Waals surface area contributed by atoms with Gasteiger partial charge in [0.2, 0.25) is 5.82 Å². The molecule has 15 heavy (non-hydrogen) atoms. The third kappa shape index (κ3) is 1.79. The van der Waals surface area contributed by atoms with Crippen molar-refractivity contribution in [2.45, 2.75) is 6.54 Å². The van der Waals surface area contributed by atoms with Gasteiger partial charge in [0, 0.05) is 6.07 Å². The van der Waals surface area contributed by atoms with Crippen LogP contribution in [0.5, 0.6) is 0 Å². The maximum Gasteiger partial charge on any atom is 0.225 e. The van der Waals surface area contributed by atoms with Crippen LogP contribution in [0.3, 0.4) is 0 Å². The molecule has 80 valence electrons. The van der Waals surface area contributed by atoms with Gasteiger partial charge in [-0.3, -0.25) is 0 Å². The number of aryl methyl sites for hydroxylation is 1. The Bertz CT molecular complexity index is 460. The summed E-state index contributed by atoms with van der Waals surface area (Å²) < 4.78 is 1.49. The van der Waals surface area contributed by atoms with E-state index in [1.54, 1.807) is 13.1 Å². The first kappa shape index (κ1) is 9.59. The number of anilines is 1. The van der Waals surface area contributed by atoms with Gasteiger partial charge in [0.1, 0.15) is 11.5 Å². The Morgan fingerprint density at radius 3 is 2.87 bits per heavy atom. The summed E-state index contributed by atoms with van der Waals surface area (Å²) in [6.45, 7) is 0.339. The Hall–Kier alpha value is -1.96. The Balaban J connectivity index is 2.33. The number of aromatic nitrogens is 6. The van der Waals surface area contributed by atoms with Gasteiger partial charge >= 0.3 is 0 Å². The predicted molar refractivity (Wildman–Crippen MR) is 51.5 cm³/mol. The zero-order valence-electron chi connectivity index (χ0n) is 8.20. The van der Waals surface area contributed by atoms with Crippen molar-refractivity contribution in [3.05, 3.63) is 6.07 Å². The van der Waals surface area contributed by atoms with Gasteiger partial charge in [0.05, 0.1) is 20.2 Å². The number of aliphatic hydroxyl groups excluding tert-OH is 1. The third-order valence-electron chi connectivity index (χ3n) is 1.86. The minimum absolute atomic E-state index is 0.0147. The molecule has 0 amide bonds. The Labute approximate surface area is 85.3 Å². The molecule has 0 spiro atoms. The van der Waals surface area contributed by atoms with E-state index in [9.17, 15) is 0 Å². The predicted octanol–water partition coefficient (Wildman–Crippen LogP) is -1.35. The van der Waals surface area contributed by atoms with Crippen LogP contribution < -0.4 is 5.73 Å². The molecule has 0 unspecified atom stereocenters. The van der Waals surface area contributed by atoms with Crippen molar-refractivity contribution in [2.75, 3.05) is 12.3 Å². The van der Waals surface area contributed by atoms with E-state index in [0.717, 1.165) is 0 Å². The van der Waals surface area contributed by atoms with Crippen LogP contribution in [0, 0.1) is 0 Å². The van der Waals surface area contributed by atoms with Crippen molar-refractivity contribution in [2.24, 2.45) is 7.05 Å². The highest BCUT2D eigenvalue weighted by atomic mass is 16.3. The van der Waals surface area contributed by atoms with Crippen molar-refractivity contribution in [1.82, 2.24) is 30.0 Å². The summed E-state index contributed by atoms with van der Waals surface area (Å²) in [6.07, 6.45) is 0. The maximum absolute atomic E-state index is 8.76. The van der Waals surface area contributed by atoms with Crippen LogP contribution in [0.1, 0.15) is 0 Å². The Morgan fingerprint density at radius 2 is 2.27 bits per heavy atom. The first-order chi connectivity index (χ1) is 7.20. The van der Waals surface area contributed by atoms with E-state index in [-0.39, 0.29) is 6.61 Å². The molecule has 0 saturated heterocycles. The number of tetrazole rings is 1. The van der Waals surface area contributed by atoms with Crippen molar-refractivity contribution < 1.29 is 5.11 Å². The molecule has 0 aromatic carbocycles. The lowest BCUT2D eigenvalue weighted by atomic mass is 10.4.